The molecule has 1 atom stereocenters. The maximum absolute atomic E-state index is 14.2. The van der Waals surface area contributed by atoms with Crippen LogP contribution < -0.4 is 10.6 Å². The number of hydrogen-bond acceptors (Lipinski definition) is 5. The number of likely N-dealkylation sites (tertiary alicyclic amines) is 1. The van der Waals surface area contributed by atoms with Crippen molar-refractivity contribution in [3.63, 3.8) is 0 Å². The first kappa shape index (κ1) is 32.6. The van der Waals surface area contributed by atoms with Gasteiger partial charge in [0.05, 0.1) is 5.56 Å². The first-order valence-electron chi connectivity index (χ1n) is 13.0. The van der Waals surface area contributed by atoms with Crippen LogP contribution in [0, 0.1) is 0 Å². The molecule has 0 spiro atoms. The zero-order chi connectivity index (χ0) is 29.7. The number of piperidine rings is 1. The number of nitrogens with zero attached hydrogens (tertiary/aromatic N) is 1. The Morgan fingerprint density at radius 1 is 1.20 bits per heavy atom. The SMILES string of the molecule is CCSc1ccc(Cl)cc1CNC(=O)c1cc(Br)c(CN2CCC[C@@H](NC(=O)OC(C)(C)C)C2)c(C(F)(F)F)c1. The standard InChI is InChI=1S/C28H34BrClF3N3O3S/c1-5-40-24-9-8-19(30)11-18(24)14-34-25(37)17-12-22(28(31,32)33)21(23(29)13-17)16-36-10-6-7-20(15-36)35-26(38)39-27(2,3)4/h8-9,11-13,20H,5-7,10,14-16H2,1-4H3,(H,34,37)(H,35,38)/t20-/m1/s1. The number of carbonyl (C=O) groups excluding carboxylic acids is 2. The molecule has 2 amide bonds. The topological polar surface area (TPSA) is 70.7 Å². The quantitative estimate of drug-likeness (QED) is 0.284. The molecule has 1 heterocycles. The lowest BCUT2D eigenvalue weighted by Crippen LogP contribution is -2.48. The predicted molar refractivity (Wildman–Crippen MR) is 156 cm³/mol. The smallest absolute Gasteiger partial charge is 0.416 e. The van der Waals surface area contributed by atoms with E-state index in [9.17, 15) is 22.8 Å². The molecule has 220 valence electrons. The molecule has 40 heavy (non-hydrogen) atoms. The molecule has 0 aromatic heterocycles. The first-order valence-corrected chi connectivity index (χ1v) is 15.1. The van der Waals surface area contributed by atoms with Crippen LogP contribution in [0.5, 0.6) is 0 Å². The van der Waals surface area contributed by atoms with Crippen molar-refractivity contribution in [1.29, 1.82) is 0 Å². The molecule has 1 saturated heterocycles. The van der Waals surface area contributed by atoms with E-state index in [2.05, 4.69) is 26.6 Å². The number of nitrogens with one attached hydrogen (secondary N) is 2. The summed E-state index contributed by atoms with van der Waals surface area (Å²) in [6, 6.07) is 7.43. The summed E-state index contributed by atoms with van der Waals surface area (Å²) in [7, 11) is 0. The fraction of sp³-hybridized carbons (Fsp3) is 0.500. The van der Waals surface area contributed by atoms with Gasteiger partial charge in [-0.2, -0.15) is 13.2 Å². The van der Waals surface area contributed by atoms with Crippen molar-refractivity contribution in [1.82, 2.24) is 15.5 Å². The Morgan fingerprint density at radius 2 is 1.93 bits per heavy atom. The van der Waals surface area contributed by atoms with Gasteiger partial charge in [0, 0.05) is 45.6 Å². The Balaban J connectivity index is 1.76. The third-order valence-corrected chi connectivity index (χ3v) is 8.07. The molecule has 0 aliphatic carbocycles. The van der Waals surface area contributed by atoms with Gasteiger partial charge >= 0.3 is 12.3 Å². The van der Waals surface area contributed by atoms with E-state index in [1.165, 1.54) is 6.07 Å². The minimum Gasteiger partial charge on any atom is -0.444 e. The summed E-state index contributed by atoms with van der Waals surface area (Å²) in [6.45, 7) is 8.38. The number of rotatable bonds is 8. The molecule has 6 nitrogen and oxygen atoms in total. The molecule has 0 radical (unpaired) electrons. The second-order valence-corrected chi connectivity index (χ2v) is 13.2. The summed E-state index contributed by atoms with van der Waals surface area (Å²) in [5.41, 5.74) is -0.793. The third-order valence-electron chi connectivity index (χ3n) is 6.13. The lowest BCUT2D eigenvalue weighted by molar-refractivity contribution is -0.138. The van der Waals surface area contributed by atoms with E-state index in [0.29, 0.717) is 31.0 Å². The van der Waals surface area contributed by atoms with E-state index in [4.69, 9.17) is 16.3 Å². The summed E-state index contributed by atoms with van der Waals surface area (Å²) in [5, 5.41) is 6.06. The van der Waals surface area contributed by atoms with Crippen molar-refractivity contribution < 1.29 is 27.5 Å². The van der Waals surface area contributed by atoms with Crippen LogP contribution in [0.4, 0.5) is 18.0 Å². The zero-order valence-electron chi connectivity index (χ0n) is 22.9. The van der Waals surface area contributed by atoms with Crippen molar-refractivity contribution in [3.05, 3.63) is 62.1 Å². The number of alkyl halides is 3. The Morgan fingerprint density at radius 3 is 2.58 bits per heavy atom. The summed E-state index contributed by atoms with van der Waals surface area (Å²) in [5.74, 6) is 0.200. The van der Waals surface area contributed by atoms with Gasteiger partial charge < -0.3 is 15.4 Å². The average molecular weight is 665 g/mol. The van der Waals surface area contributed by atoms with Gasteiger partial charge in [0.25, 0.3) is 5.91 Å². The molecule has 1 aliphatic rings. The molecule has 0 saturated carbocycles. The van der Waals surface area contributed by atoms with Crippen LogP contribution >= 0.6 is 39.3 Å². The maximum atomic E-state index is 14.2. The number of benzene rings is 2. The Bertz CT molecular complexity index is 1220. The third kappa shape index (κ3) is 9.56. The van der Waals surface area contributed by atoms with Gasteiger partial charge in [-0.3, -0.25) is 9.69 Å². The summed E-state index contributed by atoms with van der Waals surface area (Å²) in [4.78, 5) is 28.0. The maximum Gasteiger partial charge on any atom is 0.416 e. The van der Waals surface area contributed by atoms with Gasteiger partial charge in [0.15, 0.2) is 0 Å². The molecule has 1 aliphatic heterocycles. The van der Waals surface area contributed by atoms with Gasteiger partial charge in [0.2, 0.25) is 0 Å². The largest absolute Gasteiger partial charge is 0.444 e. The lowest BCUT2D eigenvalue weighted by atomic mass is 10.00. The highest BCUT2D eigenvalue weighted by atomic mass is 79.9. The molecule has 1 fully saturated rings. The van der Waals surface area contributed by atoms with Crippen LogP contribution in [0.3, 0.4) is 0 Å². The van der Waals surface area contributed by atoms with Gasteiger partial charge in [-0.25, -0.2) is 4.79 Å². The monoisotopic (exact) mass is 663 g/mol. The molecule has 2 aromatic rings. The summed E-state index contributed by atoms with van der Waals surface area (Å²) >= 11 is 11.0. The number of hydrogen-bond donors (Lipinski definition) is 2. The second kappa shape index (κ2) is 13.8. The molecule has 0 bridgehead atoms. The molecule has 2 N–H and O–H groups in total. The number of thioether (sulfide) groups is 1. The fourth-order valence-electron chi connectivity index (χ4n) is 4.46. The van der Waals surface area contributed by atoms with Crippen molar-refractivity contribution in [2.75, 3.05) is 18.8 Å². The molecule has 0 unspecified atom stereocenters. The van der Waals surface area contributed by atoms with E-state index in [1.807, 2.05) is 17.9 Å². The van der Waals surface area contributed by atoms with E-state index in [1.54, 1.807) is 44.7 Å². The molecular formula is C28H34BrClF3N3O3S. The predicted octanol–water partition coefficient (Wildman–Crippen LogP) is 7.65. The lowest BCUT2D eigenvalue weighted by Gasteiger charge is -2.34. The minimum atomic E-state index is -4.67. The molecule has 2 aromatic carbocycles. The first-order chi connectivity index (χ1) is 18.7. The highest BCUT2D eigenvalue weighted by molar-refractivity contribution is 9.10. The van der Waals surface area contributed by atoms with E-state index >= 15 is 0 Å². The van der Waals surface area contributed by atoms with Crippen molar-refractivity contribution in [2.45, 2.75) is 76.3 Å². The summed E-state index contributed by atoms with van der Waals surface area (Å²) < 4.78 is 48.1. The zero-order valence-corrected chi connectivity index (χ0v) is 26.0. The van der Waals surface area contributed by atoms with E-state index in [-0.39, 0.29) is 34.7 Å². The number of amides is 2. The van der Waals surface area contributed by atoms with Gasteiger partial charge in [0.1, 0.15) is 5.60 Å². The Labute approximate surface area is 250 Å². The van der Waals surface area contributed by atoms with Crippen molar-refractivity contribution in [2.24, 2.45) is 0 Å². The number of carbonyl (C=O) groups is 2. The highest BCUT2D eigenvalue weighted by Gasteiger charge is 2.36. The number of halogens is 5. The van der Waals surface area contributed by atoms with E-state index in [0.717, 1.165) is 22.3 Å². The van der Waals surface area contributed by atoms with Crippen LogP contribution in [0.1, 0.15) is 67.6 Å². The second-order valence-electron chi connectivity index (χ2n) is 10.6. The van der Waals surface area contributed by atoms with Crippen molar-refractivity contribution >= 4 is 51.3 Å². The van der Waals surface area contributed by atoms with E-state index < -0.39 is 29.3 Å². The molecule has 12 heteroatoms. The highest BCUT2D eigenvalue weighted by Crippen LogP contribution is 2.37. The Hall–Kier alpha value is -1.95. The molecule has 3 rings (SSSR count). The van der Waals surface area contributed by atoms with Crippen LogP contribution in [0.2, 0.25) is 5.02 Å². The average Bonchev–Trinajstić information content (AvgIpc) is 2.83. The Kier molecular flexibility index (Phi) is 11.2. The van der Waals surface area contributed by atoms with Crippen LogP contribution in [-0.4, -0.2) is 47.4 Å². The molecular weight excluding hydrogens is 631 g/mol. The van der Waals surface area contributed by atoms with Gasteiger partial charge in [-0.05, 0) is 87.4 Å². The number of alkyl carbamates (subject to hydrolysis) is 1. The van der Waals surface area contributed by atoms with Crippen LogP contribution in [0.15, 0.2) is 39.7 Å². The van der Waals surface area contributed by atoms with Gasteiger partial charge in [-0.1, -0.05) is 34.5 Å². The van der Waals surface area contributed by atoms with Gasteiger partial charge in [-0.15, -0.1) is 11.8 Å². The summed E-state index contributed by atoms with van der Waals surface area (Å²) in [6.07, 6.45) is -3.81. The normalized spacial score (nSPS) is 16.5. The minimum absolute atomic E-state index is 0.00391. The van der Waals surface area contributed by atoms with Crippen LogP contribution in [-0.2, 0) is 24.0 Å². The fourth-order valence-corrected chi connectivity index (χ4v) is 6.03. The number of ether oxygens (including phenoxy) is 1. The van der Waals surface area contributed by atoms with Crippen molar-refractivity contribution in [3.8, 4) is 0 Å². The van der Waals surface area contributed by atoms with Crippen LogP contribution in [0.25, 0.3) is 0 Å².